The first kappa shape index (κ1) is 14.1. The van der Waals surface area contributed by atoms with Crippen LogP contribution < -0.4 is 4.90 Å². The lowest BCUT2D eigenvalue weighted by Crippen LogP contribution is -2.30. The van der Waals surface area contributed by atoms with Gasteiger partial charge in [0.15, 0.2) is 0 Å². The van der Waals surface area contributed by atoms with Gasteiger partial charge in [-0.2, -0.15) is 0 Å². The Balaban J connectivity index is 1.63. The van der Waals surface area contributed by atoms with Gasteiger partial charge in [-0.1, -0.05) is 24.3 Å². The van der Waals surface area contributed by atoms with Gasteiger partial charge in [0.25, 0.3) is 0 Å². The summed E-state index contributed by atoms with van der Waals surface area (Å²) in [6.45, 7) is 7.74. The molecule has 1 aromatic heterocycles. The molecule has 2 heterocycles. The van der Waals surface area contributed by atoms with Gasteiger partial charge >= 0.3 is 0 Å². The Labute approximate surface area is 127 Å². The van der Waals surface area contributed by atoms with Crippen molar-refractivity contribution in [1.82, 2.24) is 9.88 Å². The average molecular weight is 281 g/mol. The molecule has 1 aliphatic heterocycles. The zero-order valence-corrected chi connectivity index (χ0v) is 12.7. The molecule has 3 heteroatoms. The second kappa shape index (κ2) is 6.72. The van der Waals surface area contributed by atoms with Gasteiger partial charge in [0.2, 0.25) is 0 Å². The van der Waals surface area contributed by atoms with Gasteiger partial charge in [-0.3, -0.25) is 9.88 Å². The van der Waals surface area contributed by atoms with Crippen LogP contribution in [0.1, 0.15) is 17.5 Å². The van der Waals surface area contributed by atoms with E-state index in [0.29, 0.717) is 0 Å². The van der Waals surface area contributed by atoms with Crippen molar-refractivity contribution in [2.75, 3.05) is 31.1 Å². The van der Waals surface area contributed by atoms with Crippen LogP contribution in [0.15, 0.2) is 48.8 Å². The Morgan fingerprint density at radius 3 is 2.71 bits per heavy atom. The van der Waals surface area contributed by atoms with Crippen molar-refractivity contribution in [2.45, 2.75) is 19.9 Å². The quantitative estimate of drug-likeness (QED) is 0.862. The third-order valence-corrected chi connectivity index (χ3v) is 4.17. The first-order chi connectivity index (χ1) is 10.3. The zero-order valence-electron chi connectivity index (χ0n) is 12.7. The molecule has 1 aliphatic rings. The lowest BCUT2D eigenvalue weighted by molar-refractivity contribution is 0.285. The van der Waals surface area contributed by atoms with Gasteiger partial charge in [-0.25, -0.2) is 0 Å². The molecule has 3 rings (SSSR count). The fourth-order valence-corrected chi connectivity index (χ4v) is 3.04. The number of nitrogens with zero attached hydrogens (tertiary/aromatic N) is 3. The first-order valence-corrected chi connectivity index (χ1v) is 7.75. The Bertz CT molecular complexity index is 568. The third-order valence-electron chi connectivity index (χ3n) is 4.17. The fraction of sp³-hybridized carbons (Fsp3) is 0.389. The highest BCUT2D eigenvalue weighted by atomic mass is 15.2. The molecular weight excluding hydrogens is 258 g/mol. The summed E-state index contributed by atoms with van der Waals surface area (Å²) in [6.07, 6.45) is 5.03. The van der Waals surface area contributed by atoms with E-state index in [-0.39, 0.29) is 0 Å². The van der Waals surface area contributed by atoms with E-state index in [4.69, 9.17) is 0 Å². The first-order valence-electron chi connectivity index (χ1n) is 7.75. The van der Waals surface area contributed by atoms with E-state index in [1.165, 1.54) is 23.2 Å². The van der Waals surface area contributed by atoms with Crippen LogP contribution in [-0.4, -0.2) is 36.1 Å². The van der Waals surface area contributed by atoms with E-state index in [2.05, 4.69) is 52.0 Å². The van der Waals surface area contributed by atoms with Crippen molar-refractivity contribution >= 4 is 5.69 Å². The molecule has 0 radical (unpaired) electrons. The Kier molecular flexibility index (Phi) is 4.51. The molecule has 0 amide bonds. The van der Waals surface area contributed by atoms with Crippen LogP contribution in [0.25, 0.3) is 0 Å². The molecule has 2 aromatic rings. The summed E-state index contributed by atoms with van der Waals surface area (Å²) in [7, 11) is 0. The van der Waals surface area contributed by atoms with Crippen molar-refractivity contribution in [1.29, 1.82) is 0 Å². The predicted molar refractivity (Wildman–Crippen MR) is 87.5 cm³/mol. The van der Waals surface area contributed by atoms with E-state index in [1.807, 2.05) is 18.5 Å². The van der Waals surface area contributed by atoms with E-state index >= 15 is 0 Å². The van der Waals surface area contributed by atoms with Crippen molar-refractivity contribution in [3.05, 3.63) is 59.9 Å². The van der Waals surface area contributed by atoms with Gasteiger partial charge in [0.05, 0.1) is 0 Å². The summed E-state index contributed by atoms with van der Waals surface area (Å²) in [5.74, 6) is 0. The normalized spacial score (nSPS) is 16.7. The standard InChI is InChI=1S/C18H23N3/c1-16-6-2-3-8-18(16)21-11-5-10-20(12-13-21)15-17-7-4-9-19-14-17/h2-4,6-9,14H,5,10-13,15H2,1H3. The van der Waals surface area contributed by atoms with Gasteiger partial charge < -0.3 is 4.90 Å². The highest BCUT2D eigenvalue weighted by Gasteiger charge is 2.16. The summed E-state index contributed by atoms with van der Waals surface area (Å²) in [5, 5.41) is 0. The number of aromatic nitrogens is 1. The minimum absolute atomic E-state index is 1.01. The summed E-state index contributed by atoms with van der Waals surface area (Å²) >= 11 is 0. The van der Waals surface area contributed by atoms with Crippen molar-refractivity contribution in [3.8, 4) is 0 Å². The maximum absolute atomic E-state index is 4.21. The second-order valence-electron chi connectivity index (χ2n) is 5.76. The van der Waals surface area contributed by atoms with Crippen LogP contribution in [0.5, 0.6) is 0 Å². The molecule has 110 valence electrons. The number of rotatable bonds is 3. The van der Waals surface area contributed by atoms with Gasteiger partial charge in [0.1, 0.15) is 0 Å². The van der Waals surface area contributed by atoms with E-state index < -0.39 is 0 Å². The molecule has 1 aromatic carbocycles. The number of aryl methyl sites for hydroxylation is 1. The third kappa shape index (κ3) is 3.61. The molecule has 1 fully saturated rings. The van der Waals surface area contributed by atoms with Gasteiger partial charge in [-0.05, 0) is 36.6 Å². The second-order valence-corrected chi connectivity index (χ2v) is 5.76. The zero-order chi connectivity index (χ0) is 14.5. The maximum Gasteiger partial charge on any atom is 0.0396 e. The van der Waals surface area contributed by atoms with Crippen LogP contribution in [-0.2, 0) is 6.54 Å². The lowest BCUT2D eigenvalue weighted by Gasteiger charge is -2.25. The molecule has 0 saturated carbocycles. The topological polar surface area (TPSA) is 19.4 Å². The van der Waals surface area contributed by atoms with E-state index in [1.54, 1.807) is 0 Å². The number of anilines is 1. The molecule has 0 atom stereocenters. The average Bonchev–Trinajstić information content (AvgIpc) is 2.74. The number of para-hydroxylation sites is 1. The molecule has 0 bridgehead atoms. The number of benzene rings is 1. The van der Waals surface area contributed by atoms with Crippen molar-refractivity contribution in [3.63, 3.8) is 0 Å². The highest BCUT2D eigenvalue weighted by Crippen LogP contribution is 2.21. The smallest absolute Gasteiger partial charge is 0.0396 e. The molecule has 0 aliphatic carbocycles. The van der Waals surface area contributed by atoms with Gasteiger partial charge in [0, 0.05) is 50.8 Å². The van der Waals surface area contributed by atoms with Crippen molar-refractivity contribution in [2.24, 2.45) is 0 Å². The lowest BCUT2D eigenvalue weighted by atomic mass is 10.2. The highest BCUT2D eigenvalue weighted by molar-refractivity contribution is 5.53. The van der Waals surface area contributed by atoms with E-state index in [0.717, 1.165) is 32.7 Å². The predicted octanol–water partition coefficient (Wildman–Crippen LogP) is 3.10. The molecular formula is C18H23N3. The molecule has 0 spiro atoms. The Hall–Kier alpha value is -1.87. The Morgan fingerprint density at radius 2 is 1.90 bits per heavy atom. The number of hydrogen-bond acceptors (Lipinski definition) is 3. The fourth-order valence-electron chi connectivity index (χ4n) is 3.04. The molecule has 0 N–H and O–H groups in total. The SMILES string of the molecule is Cc1ccccc1N1CCCN(Cc2cccnc2)CC1. The van der Waals surface area contributed by atoms with Crippen LogP contribution >= 0.6 is 0 Å². The van der Waals surface area contributed by atoms with Crippen LogP contribution in [0.2, 0.25) is 0 Å². The summed E-state index contributed by atoms with van der Waals surface area (Å²) in [6, 6.07) is 12.9. The molecule has 1 saturated heterocycles. The molecule has 3 nitrogen and oxygen atoms in total. The van der Waals surface area contributed by atoms with Crippen LogP contribution in [0.3, 0.4) is 0 Å². The van der Waals surface area contributed by atoms with Crippen LogP contribution in [0, 0.1) is 6.92 Å². The van der Waals surface area contributed by atoms with Gasteiger partial charge in [-0.15, -0.1) is 0 Å². The Morgan fingerprint density at radius 1 is 1.00 bits per heavy atom. The summed E-state index contributed by atoms with van der Waals surface area (Å²) in [5.41, 5.74) is 4.07. The largest absolute Gasteiger partial charge is 0.370 e. The molecule has 0 unspecified atom stereocenters. The number of pyridine rings is 1. The van der Waals surface area contributed by atoms with Crippen LogP contribution in [0.4, 0.5) is 5.69 Å². The minimum Gasteiger partial charge on any atom is -0.370 e. The number of hydrogen-bond donors (Lipinski definition) is 0. The van der Waals surface area contributed by atoms with E-state index in [9.17, 15) is 0 Å². The summed E-state index contributed by atoms with van der Waals surface area (Å²) < 4.78 is 0. The summed E-state index contributed by atoms with van der Waals surface area (Å²) in [4.78, 5) is 9.27. The minimum atomic E-state index is 1.01. The monoisotopic (exact) mass is 281 g/mol. The van der Waals surface area contributed by atoms with Crippen molar-refractivity contribution < 1.29 is 0 Å². The maximum atomic E-state index is 4.21. The molecule has 21 heavy (non-hydrogen) atoms.